The van der Waals surface area contributed by atoms with Gasteiger partial charge in [0, 0.05) is 12.5 Å². The lowest BCUT2D eigenvalue weighted by Crippen LogP contribution is -2.39. The number of hydrogen-bond acceptors (Lipinski definition) is 2. The van der Waals surface area contributed by atoms with Crippen molar-refractivity contribution in [2.24, 2.45) is 5.73 Å². The Kier molecular flexibility index (Phi) is 2.68. The second-order valence-corrected chi connectivity index (χ2v) is 2.73. The normalized spacial score (nSPS) is 26.1. The Labute approximate surface area is 61.0 Å². The molecule has 3 nitrogen and oxygen atoms in total. The van der Waals surface area contributed by atoms with Crippen LogP contribution in [-0.4, -0.2) is 18.5 Å². The topological polar surface area (TPSA) is 55.1 Å². The lowest BCUT2D eigenvalue weighted by Gasteiger charge is -2.22. The highest BCUT2D eigenvalue weighted by Gasteiger charge is 2.16. The zero-order chi connectivity index (χ0) is 7.40. The molecule has 1 saturated heterocycles. The molecule has 58 valence electrons. The summed E-state index contributed by atoms with van der Waals surface area (Å²) in [5.74, 6) is 0.185. The van der Waals surface area contributed by atoms with Gasteiger partial charge in [0.2, 0.25) is 5.91 Å². The molecule has 3 N–H and O–H groups in total. The van der Waals surface area contributed by atoms with E-state index in [1.807, 2.05) is 0 Å². The van der Waals surface area contributed by atoms with Gasteiger partial charge in [-0.1, -0.05) is 0 Å². The van der Waals surface area contributed by atoms with E-state index in [4.69, 9.17) is 5.73 Å². The minimum Gasteiger partial charge on any atom is -0.353 e. The molecule has 0 aromatic heterocycles. The fraction of sp³-hybridized carbons (Fsp3) is 0.857. The molecule has 1 unspecified atom stereocenters. The molecule has 1 aliphatic rings. The van der Waals surface area contributed by atoms with Gasteiger partial charge in [0.15, 0.2) is 0 Å². The highest BCUT2D eigenvalue weighted by atomic mass is 16.1. The third-order valence-electron chi connectivity index (χ3n) is 1.84. The number of piperidine rings is 1. The van der Waals surface area contributed by atoms with Crippen LogP contribution in [0.25, 0.3) is 0 Å². The van der Waals surface area contributed by atoms with Gasteiger partial charge in [-0.25, -0.2) is 0 Å². The molecular weight excluding hydrogens is 128 g/mol. The van der Waals surface area contributed by atoms with Crippen LogP contribution in [0.1, 0.15) is 25.7 Å². The molecule has 0 radical (unpaired) electrons. The number of rotatable bonds is 2. The first-order valence-corrected chi connectivity index (χ1v) is 3.82. The van der Waals surface area contributed by atoms with E-state index in [9.17, 15) is 4.79 Å². The highest BCUT2D eigenvalue weighted by molar-refractivity contribution is 5.76. The Morgan fingerprint density at radius 2 is 2.50 bits per heavy atom. The standard InChI is InChI=1S/C7H14N2O/c8-5-4-6-2-1-3-7(10)9-6/h6H,1-5,8H2,(H,9,10). The van der Waals surface area contributed by atoms with Crippen LogP contribution in [0.5, 0.6) is 0 Å². The van der Waals surface area contributed by atoms with Crippen molar-refractivity contribution in [3.63, 3.8) is 0 Å². The van der Waals surface area contributed by atoms with Gasteiger partial charge in [-0.3, -0.25) is 4.79 Å². The molecule has 0 saturated carbocycles. The van der Waals surface area contributed by atoms with E-state index >= 15 is 0 Å². The Bertz CT molecular complexity index is 123. The van der Waals surface area contributed by atoms with Crippen molar-refractivity contribution >= 4 is 5.91 Å². The van der Waals surface area contributed by atoms with E-state index in [0.29, 0.717) is 19.0 Å². The molecule has 0 aromatic carbocycles. The van der Waals surface area contributed by atoms with Crippen molar-refractivity contribution in [3.05, 3.63) is 0 Å². The minimum atomic E-state index is 0.185. The summed E-state index contributed by atoms with van der Waals surface area (Å²) in [6.07, 6.45) is 3.74. The van der Waals surface area contributed by atoms with Gasteiger partial charge in [0.05, 0.1) is 0 Å². The average Bonchev–Trinajstić information content (AvgIpc) is 1.88. The zero-order valence-electron chi connectivity index (χ0n) is 6.10. The molecule has 0 aliphatic carbocycles. The number of hydrogen-bond donors (Lipinski definition) is 2. The van der Waals surface area contributed by atoms with Crippen molar-refractivity contribution in [1.82, 2.24) is 5.32 Å². The van der Waals surface area contributed by atoms with Crippen LogP contribution < -0.4 is 11.1 Å². The summed E-state index contributed by atoms with van der Waals surface area (Å²) >= 11 is 0. The first kappa shape index (κ1) is 7.54. The molecule has 0 aromatic rings. The number of nitrogens with two attached hydrogens (primary N) is 1. The largest absolute Gasteiger partial charge is 0.353 e. The van der Waals surface area contributed by atoms with E-state index in [1.54, 1.807) is 0 Å². The summed E-state index contributed by atoms with van der Waals surface area (Å²) in [4.78, 5) is 10.8. The molecule has 3 heteroatoms. The van der Waals surface area contributed by atoms with Gasteiger partial charge >= 0.3 is 0 Å². The van der Waals surface area contributed by atoms with Crippen LogP contribution in [0.4, 0.5) is 0 Å². The maximum Gasteiger partial charge on any atom is 0.220 e. The Morgan fingerprint density at radius 1 is 1.70 bits per heavy atom. The van der Waals surface area contributed by atoms with Crippen LogP contribution in [0.3, 0.4) is 0 Å². The molecular formula is C7H14N2O. The lowest BCUT2D eigenvalue weighted by atomic mass is 10.0. The van der Waals surface area contributed by atoms with Crippen LogP contribution in [0, 0.1) is 0 Å². The van der Waals surface area contributed by atoms with E-state index < -0.39 is 0 Å². The monoisotopic (exact) mass is 142 g/mol. The van der Waals surface area contributed by atoms with E-state index in [0.717, 1.165) is 19.3 Å². The summed E-state index contributed by atoms with van der Waals surface area (Å²) in [6, 6.07) is 0.353. The number of carbonyl (C=O) groups excluding carboxylic acids is 1. The third-order valence-corrected chi connectivity index (χ3v) is 1.84. The van der Waals surface area contributed by atoms with Crippen LogP contribution in [0.15, 0.2) is 0 Å². The molecule has 1 fully saturated rings. The van der Waals surface area contributed by atoms with Gasteiger partial charge < -0.3 is 11.1 Å². The zero-order valence-corrected chi connectivity index (χ0v) is 6.10. The maximum atomic E-state index is 10.8. The van der Waals surface area contributed by atoms with Gasteiger partial charge in [0.1, 0.15) is 0 Å². The van der Waals surface area contributed by atoms with Crippen molar-refractivity contribution in [2.45, 2.75) is 31.7 Å². The van der Waals surface area contributed by atoms with Gasteiger partial charge in [-0.05, 0) is 25.8 Å². The second kappa shape index (κ2) is 3.56. The molecule has 0 spiro atoms. The minimum absolute atomic E-state index is 0.185. The first-order chi connectivity index (χ1) is 4.83. The van der Waals surface area contributed by atoms with Crippen molar-refractivity contribution < 1.29 is 4.79 Å². The maximum absolute atomic E-state index is 10.8. The molecule has 1 atom stereocenters. The summed E-state index contributed by atoms with van der Waals surface area (Å²) in [7, 11) is 0. The lowest BCUT2D eigenvalue weighted by molar-refractivity contribution is -0.123. The third kappa shape index (κ3) is 1.99. The number of carbonyl (C=O) groups is 1. The molecule has 10 heavy (non-hydrogen) atoms. The SMILES string of the molecule is NCCC1CCCC(=O)N1. The van der Waals surface area contributed by atoms with Crippen molar-refractivity contribution in [2.75, 3.05) is 6.54 Å². The van der Waals surface area contributed by atoms with Crippen LogP contribution in [-0.2, 0) is 4.79 Å². The van der Waals surface area contributed by atoms with Crippen molar-refractivity contribution in [1.29, 1.82) is 0 Å². The summed E-state index contributed by atoms with van der Waals surface area (Å²) in [6.45, 7) is 0.672. The van der Waals surface area contributed by atoms with Crippen LogP contribution in [0.2, 0.25) is 0 Å². The average molecular weight is 142 g/mol. The Morgan fingerprint density at radius 3 is 3.10 bits per heavy atom. The Balaban J connectivity index is 2.25. The summed E-state index contributed by atoms with van der Waals surface area (Å²) in [5.41, 5.74) is 5.35. The second-order valence-electron chi connectivity index (χ2n) is 2.73. The van der Waals surface area contributed by atoms with Gasteiger partial charge in [-0.2, -0.15) is 0 Å². The summed E-state index contributed by atoms with van der Waals surface area (Å²) in [5, 5.41) is 2.90. The number of nitrogens with one attached hydrogen (secondary N) is 1. The van der Waals surface area contributed by atoms with Gasteiger partial charge in [-0.15, -0.1) is 0 Å². The fourth-order valence-corrected chi connectivity index (χ4v) is 1.30. The predicted molar refractivity (Wildman–Crippen MR) is 39.5 cm³/mol. The Hall–Kier alpha value is -0.570. The quantitative estimate of drug-likeness (QED) is 0.570. The fourth-order valence-electron chi connectivity index (χ4n) is 1.30. The molecule has 0 bridgehead atoms. The van der Waals surface area contributed by atoms with Crippen LogP contribution >= 0.6 is 0 Å². The number of amides is 1. The molecule has 1 heterocycles. The summed E-state index contributed by atoms with van der Waals surface area (Å²) < 4.78 is 0. The predicted octanol–water partition coefficient (Wildman–Crippen LogP) is 0.00390. The van der Waals surface area contributed by atoms with Crippen molar-refractivity contribution in [3.8, 4) is 0 Å². The smallest absolute Gasteiger partial charge is 0.220 e. The molecule has 1 amide bonds. The van der Waals surface area contributed by atoms with Gasteiger partial charge in [0.25, 0.3) is 0 Å². The first-order valence-electron chi connectivity index (χ1n) is 3.82. The van der Waals surface area contributed by atoms with E-state index in [-0.39, 0.29) is 5.91 Å². The van der Waals surface area contributed by atoms with E-state index in [1.165, 1.54) is 0 Å². The highest BCUT2D eigenvalue weighted by Crippen LogP contribution is 2.09. The molecule has 1 aliphatic heterocycles. The van der Waals surface area contributed by atoms with E-state index in [2.05, 4.69) is 5.32 Å². The molecule has 1 rings (SSSR count).